The minimum Gasteiger partial charge on any atom is -0.336 e. The minimum atomic E-state index is -0.477. The fourth-order valence-corrected chi connectivity index (χ4v) is 3.86. The Balaban J connectivity index is 1.47. The van der Waals surface area contributed by atoms with Crippen molar-refractivity contribution in [2.45, 2.75) is 13.3 Å². The van der Waals surface area contributed by atoms with Gasteiger partial charge in [-0.25, -0.2) is 14.5 Å². The van der Waals surface area contributed by atoms with Gasteiger partial charge < -0.3 is 10.6 Å². The number of carbonyl (C=O) groups excluding carboxylic acids is 2. The first kappa shape index (κ1) is 19.5. The van der Waals surface area contributed by atoms with Gasteiger partial charge >= 0.3 is 6.03 Å². The lowest BCUT2D eigenvalue weighted by Crippen LogP contribution is -2.27. The van der Waals surface area contributed by atoms with Crippen LogP contribution in [0.15, 0.2) is 35.7 Å². The quantitative estimate of drug-likeness (QED) is 0.458. The van der Waals surface area contributed by atoms with Gasteiger partial charge in [-0.05, 0) is 19.1 Å². The standard InChI is InChI=1S/C18H17N7O4S/c1-11-8-15(24(22-11)13-2-4-14(5-3-13)25(28)29)21-16(26)9-12-10-30-18(20-12)23-7-6-19-17(23)27/h2-5,8,10H,6-7,9H2,1H3,(H,19,27)(H,21,26). The first-order valence-electron chi connectivity index (χ1n) is 9.02. The zero-order valence-electron chi connectivity index (χ0n) is 15.9. The second kappa shape index (κ2) is 7.91. The molecule has 154 valence electrons. The number of hydrogen-bond acceptors (Lipinski definition) is 7. The molecule has 0 saturated carbocycles. The van der Waals surface area contributed by atoms with Crippen molar-refractivity contribution in [2.24, 2.45) is 0 Å². The average molecular weight is 427 g/mol. The number of anilines is 2. The number of thiazole rings is 1. The number of carbonyl (C=O) groups is 2. The van der Waals surface area contributed by atoms with E-state index in [4.69, 9.17) is 0 Å². The summed E-state index contributed by atoms with van der Waals surface area (Å²) >= 11 is 1.31. The molecule has 1 fully saturated rings. The lowest BCUT2D eigenvalue weighted by Gasteiger charge is -2.09. The molecule has 30 heavy (non-hydrogen) atoms. The van der Waals surface area contributed by atoms with Gasteiger partial charge in [-0.2, -0.15) is 5.10 Å². The van der Waals surface area contributed by atoms with Crippen LogP contribution in [0.2, 0.25) is 0 Å². The summed E-state index contributed by atoms with van der Waals surface area (Å²) in [5.74, 6) is 0.154. The first-order chi connectivity index (χ1) is 14.4. The van der Waals surface area contributed by atoms with E-state index in [0.717, 1.165) is 0 Å². The van der Waals surface area contributed by atoms with Crippen LogP contribution in [-0.2, 0) is 11.2 Å². The predicted octanol–water partition coefficient (Wildman–Crippen LogP) is 2.26. The summed E-state index contributed by atoms with van der Waals surface area (Å²) in [5.41, 5.74) is 1.80. The highest BCUT2D eigenvalue weighted by Crippen LogP contribution is 2.23. The molecular weight excluding hydrogens is 410 g/mol. The van der Waals surface area contributed by atoms with Crippen LogP contribution < -0.4 is 15.5 Å². The number of rotatable bonds is 6. The number of hydrogen-bond donors (Lipinski definition) is 2. The van der Waals surface area contributed by atoms with E-state index in [1.165, 1.54) is 28.2 Å². The summed E-state index contributed by atoms with van der Waals surface area (Å²) in [4.78, 5) is 40.6. The number of nitrogens with one attached hydrogen (secondary N) is 2. The van der Waals surface area contributed by atoms with Gasteiger partial charge in [0.1, 0.15) is 5.82 Å². The van der Waals surface area contributed by atoms with Gasteiger partial charge in [-0.15, -0.1) is 11.3 Å². The van der Waals surface area contributed by atoms with E-state index < -0.39 is 4.92 Å². The second-order valence-corrected chi connectivity index (χ2v) is 7.42. The summed E-state index contributed by atoms with van der Waals surface area (Å²) in [6.07, 6.45) is 0.0381. The number of aromatic nitrogens is 3. The molecule has 3 heterocycles. The van der Waals surface area contributed by atoms with Crippen LogP contribution in [0.25, 0.3) is 5.69 Å². The van der Waals surface area contributed by atoms with Crippen molar-refractivity contribution in [2.75, 3.05) is 23.3 Å². The Kier molecular flexibility index (Phi) is 5.14. The third kappa shape index (κ3) is 3.98. The molecule has 0 spiro atoms. The topological polar surface area (TPSA) is 135 Å². The molecule has 12 heteroatoms. The van der Waals surface area contributed by atoms with Crippen LogP contribution in [-0.4, -0.2) is 44.7 Å². The van der Waals surface area contributed by atoms with Crippen LogP contribution in [0.3, 0.4) is 0 Å². The number of nitro groups is 1. The van der Waals surface area contributed by atoms with Gasteiger partial charge in [0.05, 0.1) is 28.4 Å². The molecule has 1 aliphatic heterocycles. The highest BCUT2D eigenvalue weighted by molar-refractivity contribution is 7.14. The highest BCUT2D eigenvalue weighted by atomic mass is 32.1. The van der Waals surface area contributed by atoms with Gasteiger partial charge in [0, 0.05) is 36.7 Å². The van der Waals surface area contributed by atoms with E-state index in [0.29, 0.717) is 41.1 Å². The Morgan fingerprint density at radius 3 is 2.80 bits per heavy atom. The van der Waals surface area contributed by atoms with Crippen LogP contribution in [0.5, 0.6) is 0 Å². The van der Waals surface area contributed by atoms with E-state index in [1.54, 1.807) is 35.4 Å². The smallest absolute Gasteiger partial charge is 0.323 e. The zero-order valence-corrected chi connectivity index (χ0v) is 16.7. The van der Waals surface area contributed by atoms with Gasteiger partial charge in [-0.1, -0.05) is 0 Å². The first-order valence-corrected chi connectivity index (χ1v) is 9.90. The summed E-state index contributed by atoms with van der Waals surface area (Å²) < 4.78 is 1.51. The van der Waals surface area contributed by atoms with E-state index in [-0.39, 0.29) is 24.0 Å². The average Bonchev–Trinajstić information content (AvgIpc) is 3.42. The van der Waals surface area contributed by atoms with Crippen molar-refractivity contribution in [1.29, 1.82) is 0 Å². The monoisotopic (exact) mass is 427 g/mol. The van der Waals surface area contributed by atoms with Gasteiger partial charge in [-0.3, -0.25) is 19.8 Å². The van der Waals surface area contributed by atoms with Crippen LogP contribution in [0.4, 0.5) is 21.4 Å². The Morgan fingerprint density at radius 2 is 2.13 bits per heavy atom. The van der Waals surface area contributed by atoms with Gasteiger partial charge in [0.25, 0.3) is 5.69 Å². The lowest BCUT2D eigenvalue weighted by molar-refractivity contribution is -0.384. The van der Waals surface area contributed by atoms with E-state index in [2.05, 4.69) is 20.7 Å². The van der Waals surface area contributed by atoms with Crippen molar-refractivity contribution in [1.82, 2.24) is 20.1 Å². The minimum absolute atomic E-state index is 0.0285. The fourth-order valence-electron chi connectivity index (χ4n) is 3.01. The zero-order chi connectivity index (χ0) is 21.3. The molecule has 1 aromatic carbocycles. The molecule has 4 rings (SSSR count). The Labute approximate surface area is 174 Å². The Bertz CT molecular complexity index is 1120. The molecule has 0 radical (unpaired) electrons. The maximum Gasteiger partial charge on any atom is 0.323 e. The number of non-ortho nitro benzene ring substituents is 1. The molecular formula is C18H17N7O4S. The predicted molar refractivity (Wildman–Crippen MR) is 110 cm³/mol. The Hall–Kier alpha value is -3.80. The van der Waals surface area contributed by atoms with E-state index in [1.807, 2.05) is 0 Å². The number of amides is 3. The van der Waals surface area contributed by atoms with Crippen LogP contribution >= 0.6 is 11.3 Å². The van der Waals surface area contributed by atoms with E-state index in [9.17, 15) is 19.7 Å². The van der Waals surface area contributed by atoms with Crippen LogP contribution in [0.1, 0.15) is 11.4 Å². The van der Waals surface area contributed by atoms with Gasteiger partial charge in [0.2, 0.25) is 5.91 Å². The number of aryl methyl sites for hydroxylation is 1. The fraction of sp³-hybridized carbons (Fsp3) is 0.222. The summed E-state index contributed by atoms with van der Waals surface area (Å²) in [6, 6.07) is 7.40. The lowest BCUT2D eigenvalue weighted by atomic mass is 10.3. The Morgan fingerprint density at radius 1 is 1.37 bits per heavy atom. The van der Waals surface area contributed by atoms with Crippen LogP contribution in [0, 0.1) is 17.0 Å². The van der Waals surface area contributed by atoms with Gasteiger partial charge in [0.15, 0.2) is 5.13 Å². The normalized spacial score (nSPS) is 13.4. The van der Waals surface area contributed by atoms with Crippen molar-refractivity contribution in [3.05, 3.63) is 57.2 Å². The molecule has 2 N–H and O–H groups in total. The summed E-state index contributed by atoms with van der Waals surface area (Å²) in [5, 5.41) is 23.0. The number of urea groups is 1. The third-order valence-corrected chi connectivity index (χ3v) is 5.29. The molecule has 2 aromatic heterocycles. The molecule has 1 saturated heterocycles. The molecule has 0 aliphatic carbocycles. The van der Waals surface area contributed by atoms with Crippen molar-refractivity contribution in [3.8, 4) is 5.69 Å². The number of nitro benzene ring substituents is 1. The largest absolute Gasteiger partial charge is 0.336 e. The summed E-state index contributed by atoms with van der Waals surface area (Å²) in [7, 11) is 0. The van der Waals surface area contributed by atoms with Crippen molar-refractivity contribution >= 4 is 39.9 Å². The summed E-state index contributed by atoms with van der Waals surface area (Å²) in [6.45, 7) is 2.90. The molecule has 0 unspecified atom stereocenters. The number of benzene rings is 1. The molecule has 0 atom stereocenters. The molecule has 11 nitrogen and oxygen atoms in total. The van der Waals surface area contributed by atoms with E-state index >= 15 is 0 Å². The maximum absolute atomic E-state index is 12.5. The van der Waals surface area contributed by atoms with Crippen molar-refractivity contribution in [3.63, 3.8) is 0 Å². The molecule has 3 aromatic rings. The molecule has 0 bridgehead atoms. The molecule has 1 aliphatic rings. The second-order valence-electron chi connectivity index (χ2n) is 6.59. The number of nitrogens with zero attached hydrogens (tertiary/aromatic N) is 5. The highest BCUT2D eigenvalue weighted by Gasteiger charge is 2.24. The van der Waals surface area contributed by atoms with Crippen molar-refractivity contribution < 1.29 is 14.5 Å². The SMILES string of the molecule is Cc1cc(NC(=O)Cc2csc(N3CCNC3=O)n2)n(-c2ccc([N+](=O)[O-])cc2)n1. The maximum atomic E-state index is 12.5. The molecule has 3 amide bonds. The third-order valence-electron chi connectivity index (χ3n) is 4.37.